The lowest BCUT2D eigenvalue weighted by Crippen LogP contribution is -2.26. The molecule has 4 rings (SSSR count). The van der Waals surface area contributed by atoms with E-state index in [4.69, 9.17) is 4.52 Å². The van der Waals surface area contributed by atoms with E-state index in [1.807, 2.05) is 29.6 Å². The lowest BCUT2D eigenvalue weighted by Gasteiger charge is -2.16. The summed E-state index contributed by atoms with van der Waals surface area (Å²) in [4.78, 5) is 8.93. The van der Waals surface area contributed by atoms with Gasteiger partial charge in [0.05, 0.1) is 17.1 Å². The van der Waals surface area contributed by atoms with Crippen LogP contribution in [-0.2, 0) is 31.3 Å². The van der Waals surface area contributed by atoms with Crippen LogP contribution in [0.2, 0.25) is 0 Å². The van der Waals surface area contributed by atoms with Crippen molar-refractivity contribution in [3.8, 4) is 0 Å². The average molecular weight is 327 g/mol. The normalized spacial score (nSPS) is 15.7. The van der Waals surface area contributed by atoms with E-state index >= 15 is 0 Å². The van der Waals surface area contributed by atoms with Crippen LogP contribution in [0, 0.1) is 0 Å². The summed E-state index contributed by atoms with van der Waals surface area (Å²) in [5.41, 5.74) is 2.13. The minimum absolute atomic E-state index is 0.301. The molecule has 0 aliphatic heterocycles. The van der Waals surface area contributed by atoms with E-state index in [1.54, 1.807) is 11.3 Å². The Labute approximate surface area is 138 Å². The fraction of sp³-hybridized carbons (Fsp3) is 0.353. The van der Waals surface area contributed by atoms with Gasteiger partial charge in [-0.15, -0.1) is 11.3 Å². The molecule has 1 N–H and O–H groups in total. The minimum atomic E-state index is -1.09. The van der Waals surface area contributed by atoms with Gasteiger partial charge in [-0.25, -0.2) is 4.98 Å². The molecule has 1 aliphatic rings. The zero-order chi connectivity index (χ0) is 15.9. The van der Waals surface area contributed by atoms with Gasteiger partial charge in [0, 0.05) is 18.2 Å². The quantitative estimate of drug-likeness (QED) is 0.797. The summed E-state index contributed by atoms with van der Waals surface area (Å²) >= 11 is 1.65. The highest BCUT2D eigenvalue weighted by Crippen LogP contribution is 2.36. The highest BCUT2D eigenvalue weighted by Gasteiger charge is 2.41. The number of aromatic nitrogens is 3. The van der Waals surface area contributed by atoms with E-state index in [0.717, 1.165) is 28.2 Å². The maximum absolute atomic E-state index is 10.9. The van der Waals surface area contributed by atoms with E-state index < -0.39 is 5.60 Å². The number of nitrogens with zero attached hydrogens (tertiary/aromatic N) is 3. The molecule has 0 amide bonds. The molecule has 1 aromatic carbocycles. The van der Waals surface area contributed by atoms with Crippen LogP contribution in [0.5, 0.6) is 0 Å². The lowest BCUT2D eigenvalue weighted by atomic mass is 10.0. The number of aliphatic hydroxyl groups is 1. The largest absolute Gasteiger partial charge is 0.379 e. The highest BCUT2D eigenvalue weighted by molar-refractivity contribution is 7.09. The summed E-state index contributed by atoms with van der Waals surface area (Å²) in [6.45, 7) is 2.09. The Balaban J connectivity index is 1.54. The van der Waals surface area contributed by atoms with Gasteiger partial charge in [-0.1, -0.05) is 36.3 Å². The first-order chi connectivity index (χ1) is 11.2. The van der Waals surface area contributed by atoms with Crippen LogP contribution in [0.1, 0.15) is 40.5 Å². The predicted octanol–water partition coefficient (Wildman–Crippen LogP) is 2.67. The van der Waals surface area contributed by atoms with Gasteiger partial charge in [0.1, 0.15) is 0 Å². The predicted molar refractivity (Wildman–Crippen MR) is 86.3 cm³/mol. The molecule has 0 saturated heterocycles. The van der Waals surface area contributed by atoms with E-state index in [9.17, 15) is 5.11 Å². The number of thiazole rings is 1. The van der Waals surface area contributed by atoms with Crippen molar-refractivity contribution in [3.05, 3.63) is 63.2 Å². The maximum atomic E-state index is 10.9. The van der Waals surface area contributed by atoms with E-state index in [0.29, 0.717) is 31.0 Å². The topological polar surface area (TPSA) is 72.0 Å². The van der Waals surface area contributed by atoms with Gasteiger partial charge in [-0.3, -0.25) is 0 Å². The van der Waals surface area contributed by atoms with Crippen molar-refractivity contribution in [2.24, 2.45) is 0 Å². The smallest absolute Gasteiger partial charge is 0.259 e. The average Bonchev–Trinajstić information content (AvgIpc) is 3.25. The molecule has 118 valence electrons. The summed E-state index contributed by atoms with van der Waals surface area (Å²) in [5, 5.41) is 18.0. The van der Waals surface area contributed by atoms with Crippen molar-refractivity contribution in [3.63, 3.8) is 0 Å². The van der Waals surface area contributed by atoms with Gasteiger partial charge < -0.3 is 9.63 Å². The van der Waals surface area contributed by atoms with Crippen LogP contribution >= 0.6 is 11.3 Å². The van der Waals surface area contributed by atoms with Gasteiger partial charge in [-0.2, -0.15) is 4.98 Å². The Kier molecular flexibility index (Phi) is 3.50. The Hall–Kier alpha value is -2.05. The molecule has 0 atom stereocenters. The van der Waals surface area contributed by atoms with E-state index in [1.165, 1.54) is 0 Å². The van der Waals surface area contributed by atoms with Crippen molar-refractivity contribution in [2.45, 2.75) is 38.2 Å². The van der Waals surface area contributed by atoms with Gasteiger partial charge >= 0.3 is 0 Å². The number of aryl methyl sites for hydroxylation is 1. The van der Waals surface area contributed by atoms with Gasteiger partial charge in [-0.05, 0) is 17.5 Å². The first kappa shape index (κ1) is 14.5. The van der Waals surface area contributed by atoms with E-state index in [2.05, 4.69) is 22.0 Å². The molecule has 0 radical (unpaired) electrons. The monoisotopic (exact) mass is 327 g/mol. The molecule has 3 aromatic rings. The number of fused-ring (bicyclic) bond motifs is 1. The summed E-state index contributed by atoms with van der Waals surface area (Å²) in [7, 11) is 0. The van der Waals surface area contributed by atoms with Crippen LogP contribution < -0.4 is 0 Å². The lowest BCUT2D eigenvalue weighted by molar-refractivity contribution is 0.0145. The highest BCUT2D eigenvalue weighted by atomic mass is 32.1. The van der Waals surface area contributed by atoms with Crippen LogP contribution in [0.3, 0.4) is 0 Å². The molecule has 6 heteroatoms. The van der Waals surface area contributed by atoms with Crippen LogP contribution in [0.25, 0.3) is 0 Å². The van der Waals surface area contributed by atoms with Crippen molar-refractivity contribution in [1.82, 2.24) is 15.1 Å². The molecule has 2 heterocycles. The van der Waals surface area contributed by atoms with Crippen LogP contribution in [0.15, 0.2) is 34.2 Å². The SMILES string of the molecule is CCc1nc(Cc2noc(C3(O)Cc4ccccc4C3)n2)cs1. The molecule has 23 heavy (non-hydrogen) atoms. The molecule has 0 spiro atoms. The first-order valence-corrected chi connectivity index (χ1v) is 8.60. The second-order valence-corrected chi connectivity index (χ2v) is 6.88. The number of benzene rings is 1. The van der Waals surface area contributed by atoms with Gasteiger partial charge in [0.2, 0.25) is 0 Å². The summed E-state index contributed by atoms with van der Waals surface area (Å²) in [6.07, 6.45) is 2.49. The molecule has 0 saturated carbocycles. The molecular formula is C17H17N3O2S. The van der Waals surface area contributed by atoms with Gasteiger partial charge in [0.15, 0.2) is 11.4 Å². The van der Waals surface area contributed by atoms with Crippen molar-refractivity contribution < 1.29 is 9.63 Å². The second-order valence-electron chi connectivity index (χ2n) is 5.93. The van der Waals surface area contributed by atoms with Crippen LogP contribution in [0.4, 0.5) is 0 Å². The number of hydrogen-bond acceptors (Lipinski definition) is 6. The standard InChI is InChI=1S/C17H17N3O2S/c1-2-15-18-13(10-23-15)7-14-19-16(22-20-14)17(21)8-11-5-3-4-6-12(11)9-17/h3-6,10,21H,2,7-9H2,1H3. The van der Waals surface area contributed by atoms with Crippen molar-refractivity contribution in [1.29, 1.82) is 0 Å². The third-order valence-electron chi connectivity index (χ3n) is 4.19. The van der Waals surface area contributed by atoms with Crippen molar-refractivity contribution >= 4 is 11.3 Å². The summed E-state index contributed by atoms with van der Waals surface area (Å²) in [6, 6.07) is 8.03. The first-order valence-electron chi connectivity index (χ1n) is 7.72. The Morgan fingerprint density at radius 3 is 2.61 bits per heavy atom. The second kappa shape index (κ2) is 5.54. The summed E-state index contributed by atoms with van der Waals surface area (Å²) in [5.74, 6) is 0.868. The number of rotatable bonds is 4. The molecule has 1 aliphatic carbocycles. The molecule has 2 aromatic heterocycles. The molecule has 0 bridgehead atoms. The zero-order valence-electron chi connectivity index (χ0n) is 12.8. The maximum Gasteiger partial charge on any atom is 0.259 e. The Morgan fingerprint density at radius 1 is 1.22 bits per heavy atom. The Bertz CT molecular complexity index is 815. The molecule has 0 unspecified atom stereocenters. The molecule has 5 nitrogen and oxygen atoms in total. The van der Waals surface area contributed by atoms with Crippen molar-refractivity contribution in [2.75, 3.05) is 0 Å². The molecular weight excluding hydrogens is 310 g/mol. The third kappa shape index (κ3) is 2.68. The zero-order valence-corrected chi connectivity index (χ0v) is 13.6. The third-order valence-corrected chi connectivity index (χ3v) is 5.23. The number of hydrogen-bond donors (Lipinski definition) is 1. The van der Waals surface area contributed by atoms with Crippen LogP contribution in [-0.4, -0.2) is 20.2 Å². The minimum Gasteiger partial charge on any atom is -0.379 e. The Morgan fingerprint density at radius 2 is 1.96 bits per heavy atom. The molecule has 0 fully saturated rings. The fourth-order valence-corrected chi connectivity index (χ4v) is 3.76. The van der Waals surface area contributed by atoms with E-state index in [-0.39, 0.29) is 0 Å². The summed E-state index contributed by atoms with van der Waals surface area (Å²) < 4.78 is 5.35. The van der Waals surface area contributed by atoms with Gasteiger partial charge in [0.25, 0.3) is 5.89 Å². The fourth-order valence-electron chi connectivity index (χ4n) is 3.02.